The van der Waals surface area contributed by atoms with Crippen LogP contribution in [0.2, 0.25) is 0 Å². The second kappa shape index (κ2) is 5.91. The maximum absolute atomic E-state index is 11.9. The van der Waals surface area contributed by atoms with Crippen LogP contribution >= 0.6 is 12.6 Å². The molecule has 0 bridgehead atoms. The van der Waals surface area contributed by atoms with Gasteiger partial charge >= 0.3 is 0 Å². The van der Waals surface area contributed by atoms with Crippen molar-refractivity contribution < 1.29 is 8.42 Å². The summed E-state index contributed by atoms with van der Waals surface area (Å²) in [4.78, 5) is 0.411. The Morgan fingerprint density at radius 1 is 1.12 bits per heavy atom. The first-order chi connectivity index (χ1) is 7.89. The first-order valence-electron chi connectivity index (χ1n) is 5.84. The lowest BCUT2D eigenvalue weighted by Crippen LogP contribution is -2.13. The van der Waals surface area contributed by atoms with E-state index in [-0.39, 0.29) is 5.25 Å². The quantitative estimate of drug-likeness (QED) is 0.835. The van der Waals surface area contributed by atoms with E-state index in [1.54, 1.807) is 26.0 Å². The van der Waals surface area contributed by atoms with Gasteiger partial charge in [0, 0.05) is 0 Å². The van der Waals surface area contributed by atoms with Crippen LogP contribution in [0.3, 0.4) is 0 Å². The van der Waals surface area contributed by atoms with Crippen LogP contribution in [-0.4, -0.2) is 19.4 Å². The highest BCUT2D eigenvalue weighted by molar-refractivity contribution is 7.92. The van der Waals surface area contributed by atoms with Crippen LogP contribution in [0.1, 0.15) is 38.7 Å². The molecule has 0 saturated carbocycles. The molecule has 0 aliphatic heterocycles. The van der Waals surface area contributed by atoms with Crippen molar-refractivity contribution in [2.24, 2.45) is 0 Å². The number of benzene rings is 1. The van der Waals surface area contributed by atoms with Crippen molar-refractivity contribution in [3.8, 4) is 0 Å². The van der Waals surface area contributed by atoms with E-state index in [2.05, 4.69) is 19.6 Å². The normalized spacial score (nSPS) is 13.9. The molecule has 0 amide bonds. The van der Waals surface area contributed by atoms with Gasteiger partial charge in [-0.15, -0.1) is 0 Å². The summed E-state index contributed by atoms with van der Waals surface area (Å²) >= 11 is 4.21. The molecule has 4 heteroatoms. The molecule has 0 heterocycles. The number of thiol groups is 1. The van der Waals surface area contributed by atoms with E-state index < -0.39 is 9.84 Å². The molecule has 1 atom stereocenters. The largest absolute Gasteiger partial charge is 0.223 e. The highest BCUT2D eigenvalue weighted by atomic mass is 32.2. The Bertz CT molecular complexity index is 447. The fraction of sp³-hybridized carbons (Fsp3) is 0.538. The van der Waals surface area contributed by atoms with Crippen LogP contribution in [0.5, 0.6) is 0 Å². The summed E-state index contributed by atoms with van der Waals surface area (Å²) in [6.07, 6.45) is 0.999. The van der Waals surface area contributed by atoms with Crippen LogP contribution in [0.15, 0.2) is 29.2 Å². The zero-order valence-corrected chi connectivity index (χ0v) is 12.3. The lowest BCUT2D eigenvalue weighted by atomic mass is 9.99. The molecule has 96 valence electrons. The van der Waals surface area contributed by atoms with Crippen molar-refractivity contribution in [3.63, 3.8) is 0 Å². The van der Waals surface area contributed by atoms with Gasteiger partial charge in [-0.3, -0.25) is 0 Å². The predicted octanol–water partition coefficient (Wildman–Crippen LogP) is 3.29. The topological polar surface area (TPSA) is 34.1 Å². The van der Waals surface area contributed by atoms with Gasteiger partial charge in [0.1, 0.15) is 0 Å². The minimum Gasteiger partial charge on any atom is -0.223 e. The number of hydrogen-bond donors (Lipinski definition) is 1. The maximum atomic E-state index is 11.9. The van der Waals surface area contributed by atoms with Gasteiger partial charge in [0.25, 0.3) is 0 Å². The zero-order valence-electron chi connectivity index (χ0n) is 10.6. The molecule has 0 aromatic heterocycles. The van der Waals surface area contributed by atoms with Gasteiger partial charge in [0.15, 0.2) is 9.84 Å². The molecule has 0 N–H and O–H groups in total. The van der Waals surface area contributed by atoms with Crippen molar-refractivity contribution >= 4 is 22.5 Å². The monoisotopic (exact) mass is 272 g/mol. The third-order valence-electron chi connectivity index (χ3n) is 2.96. The van der Waals surface area contributed by atoms with Crippen LogP contribution in [0.4, 0.5) is 0 Å². The van der Waals surface area contributed by atoms with Gasteiger partial charge in [-0.1, -0.05) is 19.1 Å². The lowest BCUT2D eigenvalue weighted by Gasteiger charge is -2.12. The fourth-order valence-electron chi connectivity index (χ4n) is 1.62. The Balaban J connectivity index is 2.96. The molecular formula is C13H20O2S2. The van der Waals surface area contributed by atoms with Crippen LogP contribution < -0.4 is 0 Å². The Labute approximate surface area is 110 Å². The van der Waals surface area contributed by atoms with Gasteiger partial charge < -0.3 is 0 Å². The van der Waals surface area contributed by atoms with E-state index in [4.69, 9.17) is 0 Å². The summed E-state index contributed by atoms with van der Waals surface area (Å²) in [7, 11) is -3.15. The molecule has 0 saturated heterocycles. The molecule has 2 nitrogen and oxygen atoms in total. The summed E-state index contributed by atoms with van der Waals surface area (Å²) in [5, 5.41) is -0.372. The Morgan fingerprint density at radius 2 is 1.65 bits per heavy atom. The Kier molecular flexibility index (Phi) is 5.07. The molecule has 1 rings (SSSR count). The highest BCUT2D eigenvalue weighted by Crippen LogP contribution is 2.22. The maximum Gasteiger partial charge on any atom is 0.180 e. The summed E-state index contributed by atoms with van der Waals surface area (Å²) in [5.74, 6) is 1.26. The van der Waals surface area contributed by atoms with E-state index in [1.165, 1.54) is 5.56 Å². The van der Waals surface area contributed by atoms with Gasteiger partial charge in [-0.2, -0.15) is 12.6 Å². The first-order valence-corrected chi connectivity index (χ1v) is 8.02. The van der Waals surface area contributed by atoms with Crippen LogP contribution in [0, 0.1) is 0 Å². The molecule has 1 aromatic carbocycles. The third-order valence-corrected chi connectivity index (χ3v) is 5.39. The molecular weight excluding hydrogens is 252 g/mol. The van der Waals surface area contributed by atoms with Gasteiger partial charge in [-0.05, 0) is 49.6 Å². The van der Waals surface area contributed by atoms with Gasteiger partial charge in [-0.25, -0.2) is 8.42 Å². The SMILES string of the molecule is CC(CCS)c1ccc(S(=O)(=O)C(C)C)cc1. The molecule has 1 unspecified atom stereocenters. The smallest absolute Gasteiger partial charge is 0.180 e. The molecule has 0 radical (unpaired) electrons. The number of sulfone groups is 1. The van der Waals surface area contributed by atoms with Gasteiger partial charge in [0.2, 0.25) is 0 Å². The van der Waals surface area contributed by atoms with E-state index in [1.807, 2.05) is 12.1 Å². The van der Waals surface area contributed by atoms with E-state index in [0.29, 0.717) is 10.8 Å². The summed E-state index contributed by atoms with van der Waals surface area (Å²) in [6.45, 7) is 5.53. The highest BCUT2D eigenvalue weighted by Gasteiger charge is 2.18. The van der Waals surface area contributed by atoms with Crippen molar-refractivity contribution in [2.75, 3.05) is 5.75 Å². The molecule has 0 aliphatic carbocycles. The van der Waals surface area contributed by atoms with Gasteiger partial charge in [0.05, 0.1) is 10.1 Å². The number of rotatable bonds is 5. The lowest BCUT2D eigenvalue weighted by molar-refractivity contribution is 0.587. The van der Waals surface area contributed by atoms with E-state index in [9.17, 15) is 8.42 Å². The van der Waals surface area contributed by atoms with E-state index in [0.717, 1.165) is 12.2 Å². The summed E-state index contributed by atoms with van der Waals surface area (Å²) in [5.41, 5.74) is 1.17. The van der Waals surface area contributed by atoms with Crippen LogP contribution in [-0.2, 0) is 9.84 Å². The van der Waals surface area contributed by atoms with Crippen molar-refractivity contribution in [3.05, 3.63) is 29.8 Å². The molecule has 0 fully saturated rings. The van der Waals surface area contributed by atoms with Crippen molar-refractivity contribution in [2.45, 2.75) is 43.3 Å². The van der Waals surface area contributed by atoms with E-state index >= 15 is 0 Å². The number of hydrogen-bond acceptors (Lipinski definition) is 3. The Morgan fingerprint density at radius 3 is 2.06 bits per heavy atom. The zero-order chi connectivity index (χ0) is 13.1. The molecule has 17 heavy (non-hydrogen) atoms. The second-order valence-corrected chi connectivity index (χ2v) is 7.53. The predicted molar refractivity (Wildman–Crippen MR) is 75.6 cm³/mol. The first kappa shape index (κ1) is 14.6. The summed E-state index contributed by atoms with van der Waals surface area (Å²) in [6, 6.07) is 7.23. The van der Waals surface area contributed by atoms with Crippen molar-refractivity contribution in [1.82, 2.24) is 0 Å². The fourth-order valence-corrected chi connectivity index (χ4v) is 3.07. The standard InChI is InChI=1S/C13H20O2S2/c1-10(2)17(14,15)13-6-4-12(5-7-13)11(3)8-9-16/h4-7,10-11,16H,8-9H2,1-3H3. The Hall–Kier alpha value is -0.480. The average Bonchev–Trinajstić information content (AvgIpc) is 2.29. The van der Waals surface area contributed by atoms with Crippen LogP contribution in [0.25, 0.3) is 0 Å². The third kappa shape index (κ3) is 3.49. The molecule has 1 aromatic rings. The minimum absolute atomic E-state index is 0.372. The minimum atomic E-state index is -3.15. The molecule has 0 spiro atoms. The molecule has 0 aliphatic rings. The second-order valence-electron chi connectivity index (χ2n) is 4.58. The van der Waals surface area contributed by atoms with Crippen molar-refractivity contribution in [1.29, 1.82) is 0 Å². The average molecular weight is 272 g/mol. The summed E-state index contributed by atoms with van der Waals surface area (Å²) < 4.78 is 23.9.